The number of hydrogen-bond acceptors (Lipinski definition) is 4. The van der Waals surface area contributed by atoms with E-state index in [1.807, 2.05) is 6.92 Å². The molecule has 90 valence electrons. The highest BCUT2D eigenvalue weighted by molar-refractivity contribution is 5.01. The zero-order chi connectivity index (χ0) is 11.5. The number of aromatic nitrogens is 2. The van der Waals surface area contributed by atoms with Crippen molar-refractivity contribution >= 4 is 0 Å². The van der Waals surface area contributed by atoms with Gasteiger partial charge in [-0.3, -0.25) is 0 Å². The highest BCUT2D eigenvalue weighted by atomic mass is 16.5. The second-order valence-electron chi connectivity index (χ2n) is 4.79. The average molecular weight is 223 g/mol. The predicted octanol–water partition coefficient (Wildman–Crippen LogP) is 2.77. The molecule has 1 heterocycles. The van der Waals surface area contributed by atoms with Crippen LogP contribution in [-0.2, 0) is 0 Å². The van der Waals surface area contributed by atoms with E-state index in [0.29, 0.717) is 11.8 Å². The maximum absolute atomic E-state index is 5.86. The summed E-state index contributed by atoms with van der Waals surface area (Å²) in [6.45, 7) is 4.28. The smallest absolute Gasteiger partial charge is 0.243 e. The second kappa shape index (κ2) is 4.95. The Balaban J connectivity index is 2.02. The minimum atomic E-state index is -0.107. The van der Waals surface area contributed by atoms with E-state index >= 15 is 0 Å². The third-order valence-electron chi connectivity index (χ3n) is 3.70. The van der Waals surface area contributed by atoms with Crippen molar-refractivity contribution in [1.29, 1.82) is 0 Å². The van der Waals surface area contributed by atoms with E-state index in [1.54, 1.807) is 0 Å². The molecule has 1 aromatic rings. The summed E-state index contributed by atoms with van der Waals surface area (Å²) in [7, 11) is 0. The van der Waals surface area contributed by atoms with Crippen molar-refractivity contribution in [2.75, 3.05) is 0 Å². The van der Waals surface area contributed by atoms with E-state index in [2.05, 4.69) is 17.1 Å². The van der Waals surface area contributed by atoms with Crippen LogP contribution in [0.1, 0.15) is 69.6 Å². The van der Waals surface area contributed by atoms with Crippen LogP contribution in [0.25, 0.3) is 0 Å². The lowest BCUT2D eigenvalue weighted by molar-refractivity contribution is 0.345. The Kier molecular flexibility index (Phi) is 3.59. The summed E-state index contributed by atoms with van der Waals surface area (Å²) in [4.78, 5) is 4.43. The molecule has 1 fully saturated rings. The lowest BCUT2D eigenvalue weighted by atomic mass is 10.0. The highest BCUT2D eigenvalue weighted by Crippen LogP contribution is 2.38. The van der Waals surface area contributed by atoms with Crippen LogP contribution in [0.3, 0.4) is 0 Å². The van der Waals surface area contributed by atoms with Crippen molar-refractivity contribution in [2.24, 2.45) is 11.7 Å². The molecular formula is C12H21N3O. The van der Waals surface area contributed by atoms with Crippen molar-refractivity contribution in [1.82, 2.24) is 10.1 Å². The van der Waals surface area contributed by atoms with Crippen LogP contribution >= 0.6 is 0 Å². The topological polar surface area (TPSA) is 64.9 Å². The molecule has 4 nitrogen and oxygen atoms in total. The maximum Gasteiger partial charge on any atom is 0.243 e. The molecule has 1 saturated carbocycles. The molecule has 1 aromatic heterocycles. The van der Waals surface area contributed by atoms with Gasteiger partial charge in [-0.05, 0) is 31.6 Å². The fraction of sp³-hybridized carbons (Fsp3) is 0.833. The molecule has 1 aliphatic rings. The van der Waals surface area contributed by atoms with Crippen LogP contribution in [0.4, 0.5) is 0 Å². The van der Waals surface area contributed by atoms with Crippen molar-refractivity contribution in [3.05, 3.63) is 11.7 Å². The quantitative estimate of drug-likeness (QED) is 0.852. The normalized spacial score (nSPS) is 27.2. The Bertz CT molecular complexity index is 337. The van der Waals surface area contributed by atoms with Gasteiger partial charge in [-0.15, -0.1) is 0 Å². The van der Waals surface area contributed by atoms with Gasteiger partial charge < -0.3 is 10.3 Å². The third kappa shape index (κ3) is 2.26. The number of nitrogens with two attached hydrogens (primary N) is 1. The Morgan fingerprint density at radius 1 is 1.44 bits per heavy atom. The van der Waals surface area contributed by atoms with Crippen LogP contribution in [0.5, 0.6) is 0 Å². The molecule has 3 atom stereocenters. The first-order chi connectivity index (χ1) is 7.74. The Hall–Kier alpha value is -0.900. The largest absolute Gasteiger partial charge is 0.338 e. The summed E-state index contributed by atoms with van der Waals surface area (Å²) in [5.74, 6) is 2.80. The SMILES string of the molecule is CCC1CCC(c2noc(C(N)CC)n2)C1. The first-order valence-electron chi connectivity index (χ1n) is 6.33. The van der Waals surface area contributed by atoms with E-state index in [9.17, 15) is 0 Å². The van der Waals surface area contributed by atoms with Crippen molar-refractivity contribution in [3.63, 3.8) is 0 Å². The molecule has 4 heteroatoms. The molecular weight excluding hydrogens is 202 g/mol. The zero-order valence-corrected chi connectivity index (χ0v) is 10.1. The molecule has 0 radical (unpaired) electrons. The average Bonchev–Trinajstić information content (AvgIpc) is 2.95. The molecule has 2 rings (SSSR count). The molecule has 3 unspecified atom stereocenters. The zero-order valence-electron chi connectivity index (χ0n) is 10.1. The summed E-state index contributed by atoms with van der Waals surface area (Å²) < 4.78 is 5.21. The van der Waals surface area contributed by atoms with Gasteiger partial charge in [-0.25, -0.2) is 0 Å². The predicted molar refractivity (Wildman–Crippen MR) is 61.9 cm³/mol. The summed E-state index contributed by atoms with van der Waals surface area (Å²) >= 11 is 0. The minimum absolute atomic E-state index is 0.107. The van der Waals surface area contributed by atoms with Crippen LogP contribution in [0.2, 0.25) is 0 Å². The van der Waals surface area contributed by atoms with Crippen molar-refractivity contribution in [2.45, 2.75) is 57.9 Å². The lowest BCUT2D eigenvalue weighted by Crippen LogP contribution is -2.09. The highest BCUT2D eigenvalue weighted by Gasteiger charge is 2.28. The van der Waals surface area contributed by atoms with E-state index in [0.717, 1.165) is 18.2 Å². The first kappa shape index (κ1) is 11.6. The number of hydrogen-bond donors (Lipinski definition) is 1. The maximum atomic E-state index is 5.86. The van der Waals surface area contributed by atoms with E-state index < -0.39 is 0 Å². The molecule has 2 N–H and O–H groups in total. The van der Waals surface area contributed by atoms with Gasteiger partial charge in [-0.2, -0.15) is 4.98 Å². The standard InChI is InChI=1S/C12H21N3O/c1-3-8-5-6-9(7-8)11-14-12(16-15-11)10(13)4-2/h8-10H,3-7,13H2,1-2H3. The Labute approximate surface area is 96.6 Å². The van der Waals surface area contributed by atoms with Crippen LogP contribution in [0, 0.1) is 5.92 Å². The summed E-state index contributed by atoms with van der Waals surface area (Å²) in [6, 6.07) is -0.107. The van der Waals surface area contributed by atoms with E-state index in [-0.39, 0.29) is 6.04 Å². The summed E-state index contributed by atoms with van der Waals surface area (Å²) in [5.41, 5.74) is 5.86. The van der Waals surface area contributed by atoms with Gasteiger partial charge in [0, 0.05) is 5.92 Å². The molecule has 0 aromatic carbocycles. The minimum Gasteiger partial charge on any atom is -0.338 e. The van der Waals surface area contributed by atoms with E-state index in [1.165, 1.54) is 25.7 Å². The molecule has 0 saturated heterocycles. The van der Waals surface area contributed by atoms with Gasteiger partial charge in [0.25, 0.3) is 0 Å². The summed E-state index contributed by atoms with van der Waals surface area (Å²) in [6.07, 6.45) is 5.79. The first-order valence-corrected chi connectivity index (χ1v) is 6.33. The molecule has 0 spiro atoms. The van der Waals surface area contributed by atoms with Crippen LogP contribution in [-0.4, -0.2) is 10.1 Å². The summed E-state index contributed by atoms with van der Waals surface area (Å²) in [5, 5.41) is 4.07. The van der Waals surface area contributed by atoms with Crippen molar-refractivity contribution < 1.29 is 4.52 Å². The van der Waals surface area contributed by atoms with Crippen LogP contribution in [0.15, 0.2) is 4.52 Å². The Morgan fingerprint density at radius 2 is 2.25 bits per heavy atom. The molecule has 0 bridgehead atoms. The molecule has 0 aliphatic heterocycles. The monoisotopic (exact) mass is 223 g/mol. The number of rotatable bonds is 4. The number of nitrogens with zero attached hydrogens (tertiary/aromatic N) is 2. The molecule has 16 heavy (non-hydrogen) atoms. The van der Waals surface area contributed by atoms with E-state index in [4.69, 9.17) is 10.3 Å². The third-order valence-corrected chi connectivity index (χ3v) is 3.70. The van der Waals surface area contributed by atoms with Gasteiger partial charge in [0.2, 0.25) is 5.89 Å². The van der Waals surface area contributed by atoms with Gasteiger partial charge in [-0.1, -0.05) is 25.4 Å². The second-order valence-corrected chi connectivity index (χ2v) is 4.79. The molecule has 0 amide bonds. The Morgan fingerprint density at radius 3 is 2.88 bits per heavy atom. The van der Waals surface area contributed by atoms with Crippen LogP contribution < -0.4 is 5.73 Å². The van der Waals surface area contributed by atoms with Gasteiger partial charge in [0.05, 0.1) is 6.04 Å². The van der Waals surface area contributed by atoms with Crippen molar-refractivity contribution in [3.8, 4) is 0 Å². The van der Waals surface area contributed by atoms with Gasteiger partial charge in [0.1, 0.15) is 0 Å². The van der Waals surface area contributed by atoms with Gasteiger partial charge in [0.15, 0.2) is 5.82 Å². The van der Waals surface area contributed by atoms with Gasteiger partial charge >= 0.3 is 0 Å². The fourth-order valence-electron chi connectivity index (χ4n) is 2.42. The fourth-order valence-corrected chi connectivity index (χ4v) is 2.42. The lowest BCUT2D eigenvalue weighted by Gasteiger charge is -2.04. The molecule has 1 aliphatic carbocycles.